The van der Waals surface area contributed by atoms with Gasteiger partial charge in [0.25, 0.3) is 5.91 Å². The van der Waals surface area contributed by atoms with Gasteiger partial charge < -0.3 is 25.7 Å². The number of benzene rings is 1. The highest BCUT2D eigenvalue weighted by molar-refractivity contribution is 5.98. The summed E-state index contributed by atoms with van der Waals surface area (Å²) in [7, 11) is 0. The van der Waals surface area contributed by atoms with E-state index in [1.54, 1.807) is 25.1 Å². The van der Waals surface area contributed by atoms with Gasteiger partial charge in [-0.25, -0.2) is 0 Å². The first kappa shape index (κ1) is 14.0. The fraction of sp³-hybridized carbons (Fsp3) is 0.385. The number of carbonyl (C=O) groups excluding carboxylic acids is 1. The van der Waals surface area contributed by atoms with Crippen LogP contribution in [0.25, 0.3) is 0 Å². The van der Waals surface area contributed by atoms with E-state index in [4.69, 9.17) is 20.4 Å². The normalized spacial score (nSPS) is 15.6. The van der Waals surface area contributed by atoms with E-state index < -0.39 is 0 Å². The maximum absolute atomic E-state index is 12.1. The van der Waals surface area contributed by atoms with Gasteiger partial charge in [-0.15, -0.1) is 0 Å². The minimum absolute atomic E-state index is 0.0694. The van der Waals surface area contributed by atoms with E-state index in [9.17, 15) is 4.79 Å². The van der Waals surface area contributed by atoms with Crippen LogP contribution in [-0.2, 0) is 0 Å². The first-order chi connectivity index (χ1) is 9.63. The zero-order valence-electron chi connectivity index (χ0n) is 11.1. The Hall–Kier alpha value is -2.44. The number of nitrogens with one attached hydrogen (secondary N) is 1. The Morgan fingerprint density at radius 3 is 3.00 bits per heavy atom. The molecule has 1 aromatic carbocycles. The summed E-state index contributed by atoms with van der Waals surface area (Å²) >= 11 is 0. The lowest BCUT2D eigenvalue weighted by Gasteiger charge is -2.20. The summed E-state index contributed by atoms with van der Waals surface area (Å²) < 4.78 is 10.9. The van der Waals surface area contributed by atoms with Crippen LogP contribution in [-0.4, -0.2) is 36.7 Å². The number of nitrogens with zero attached hydrogens (tertiary/aromatic N) is 1. The molecule has 1 aliphatic rings. The number of rotatable bonds is 4. The number of amidine groups is 1. The molecule has 0 spiro atoms. The molecular weight excluding hydrogens is 262 g/mol. The minimum Gasteiger partial charge on any atom is -0.486 e. The van der Waals surface area contributed by atoms with Gasteiger partial charge in [-0.1, -0.05) is 18.1 Å². The van der Waals surface area contributed by atoms with Crippen molar-refractivity contribution < 1.29 is 19.5 Å². The molecule has 4 N–H and O–H groups in total. The molecule has 1 amide bonds. The molecule has 7 nitrogen and oxygen atoms in total. The third-order valence-electron chi connectivity index (χ3n) is 3.00. The van der Waals surface area contributed by atoms with Gasteiger partial charge in [-0.3, -0.25) is 4.79 Å². The van der Waals surface area contributed by atoms with Crippen LogP contribution in [0.1, 0.15) is 17.3 Å². The molecule has 1 aliphatic heterocycles. The molecule has 0 bridgehead atoms. The van der Waals surface area contributed by atoms with Crippen molar-refractivity contribution in [2.45, 2.75) is 6.92 Å². The van der Waals surface area contributed by atoms with Crippen LogP contribution in [0.2, 0.25) is 0 Å². The molecule has 0 saturated heterocycles. The van der Waals surface area contributed by atoms with Crippen molar-refractivity contribution in [3.05, 3.63) is 23.8 Å². The van der Waals surface area contributed by atoms with E-state index in [0.29, 0.717) is 30.3 Å². The molecule has 0 radical (unpaired) electrons. The van der Waals surface area contributed by atoms with Crippen LogP contribution in [0.4, 0.5) is 0 Å². The largest absolute Gasteiger partial charge is 0.486 e. The first-order valence-corrected chi connectivity index (χ1v) is 6.27. The number of hydrogen-bond acceptors (Lipinski definition) is 5. The van der Waals surface area contributed by atoms with Gasteiger partial charge in [0.1, 0.15) is 19.0 Å². The molecule has 0 aliphatic carbocycles. The molecule has 1 unspecified atom stereocenters. The van der Waals surface area contributed by atoms with Gasteiger partial charge in [0.15, 0.2) is 11.5 Å². The Kier molecular flexibility index (Phi) is 4.29. The van der Waals surface area contributed by atoms with Crippen molar-refractivity contribution in [2.24, 2.45) is 16.8 Å². The van der Waals surface area contributed by atoms with Crippen LogP contribution in [0.15, 0.2) is 23.4 Å². The summed E-state index contributed by atoms with van der Waals surface area (Å²) in [6, 6.07) is 5.15. The average molecular weight is 279 g/mol. The minimum atomic E-state index is -0.287. The van der Waals surface area contributed by atoms with Crippen LogP contribution in [0.5, 0.6) is 11.5 Å². The van der Waals surface area contributed by atoms with Crippen molar-refractivity contribution in [2.75, 3.05) is 19.8 Å². The molecule has 0 fully saturated rings. The van der Waals surface area contributed by atoms with Gasteiger partial charge in [0.05, 0.1) is 5.56 Å². The monoisotopic (exact) mass is 279 g/mol. The highest BCUT2D eigenvalue weighted by Gasteiger charge is 2.20. The van der Waals surface area contributed by atoms with E-state index in [1.807, 2.05) is 0 Å². The van der Waals surface area contributed by atoms with Crippen LogP contribution in [0, 0.1) is 5.92 Å². The SMILES string of the molecule is CC(CNC(=O)c1cccc2c1OCCO2)C(N)=NO. The summed E-state index contributed by atoms with van der Waals surface area (Å²) in [4.78, 5) is 12.1. The Bertz CT molecular complexity index is 530. The summed E-state index contributed by atoms with van der Waals surface area (Å²) in [5, 5.41) is 14.2. The third-order valence-corrected chi connectivity index (χ3v) is 3.00. The smallest absolute Gasteiger partial charge is 0.255 e. The summed E-state index contributed by atoms with van der Waals surface area (Å²) in [6.07, 6.45) is 0. The Balaban J connectivity index is 2.07. The highest BCUT2D eigenvalue weighted by Crippen LogP contribution is 2.33. The Morgan fingerprint density at radius 2 is 2.25 bits per heavy atom. The highest BCUT2D eigenvalue weighted by atomic mass is 16.6. The third kappa shape index (κ3) is 2.93. The van der Waals surface area contributed by atoms with Crippen molar-refractivity contribution in [3.8, 4) is 11.5 Å². The second-order valence-electron chi connectivity index (χ2n) is 4.47. The quantitative estimate of drug-likeness (QED) is 0.323. The molecule has 0 aromatic heterocycles. The molecule has 1 aromatic rings. The zero-order chi connectivity index (χ0) is 14.5. The molecular formula is C13H17N3O4. The van der Waals surface area contributed by atoms with E-state index in [2.05, 4.69) is 10.5 Å². The molecule has 0 saturated carbocycles. The van der Waals surface area contributed by atoms with Crippen molar-refractivity contribution in [3.63, 3.8) is 0 Å². The number of nitrogens with two attached hydrogens (primary N) is 1. The van der Waals surface area contributed by atoms with Gasteiger partial charge in [0.2, 0.25) is 0 Å². The number of ether oxygens (including phenoxy) is 2. The topological polar surface area (TPSA) is 106 Å². The van der Waals surface area contributed by atoms with Crippen molar-refractivity contribution >= 4 is 11.7 Å². The van der Waals surface area contributed by atoms with Gasteiger partial charge in [-0.05, 0) is 12.1 Å². The second kappa shape index (κ2) is 6.14. The lowest BCUT2D eigenvalue weighted by Crippen LogP contribution is -2.35. The number of para-hydroxylation sites is 1. The number of carbonyl (C=O) groups is 1. The maximum atomic E-state index is 12.1. The number of amides is 1. The maximum Gasteiger partial charge on any atom is 0.255 e. The second-order valence-corrected chi connectivity index (χ2v) is 4.47. The van der Waals surface area contributed by atoms with E-state index in [0.717, 1.165) is 0 Å². The standard InChI is InChI=1S/C13H17N3O4/c1-8(12(14)16-18)7-15-13(17)9-3-2-4-10-11(9)20-6-5-19-10/h2-4,8,18H,5-7H2,1H3,(H2,14,16)(H,15,17). The van der Waals surface area contributed by atoms with Crippen LogP contribution in [0.3, 0.4) is 0 Å². The summed E-state index contributed by atoms with van der Waals surface area (Å²) in [6.45, 7) is 2.89. The molecule has 20 heavy (non-hydrogen) atoms. The Morgan fingerprint density at radius 1 is 1.50 bits per heavy atom. The van der Waals surface area contributed by atoms with Gasteiger partial charge >= 0.3 is 0 Å². The fourth-order valence-corrected chi connectivity index (χ4v) is 1.80. The van der Waals surface area contributed by atoms with Crippen molar-refractivity contribution in [1.82, 2.24) is 5.32 Å². The molecule has 1 heterocycles. The summed E-state index contributed by atoms with van der Waals surface area (Å²) in [5.41, 5.74) is 5.87. The molecule has 1 atom stereocenters. The molecule has 7 heteroatoms. The predicted octanol–water partition coefficient (Wildman–Crippen LogP) is 0.570. The van der Waals surface area contributed by atoms with Crippen LogP contribution < -0.4 is 20.5 Å². The number of hydrogen-bond donors (Lipinski definition) is 3. The number of oxime groups is 1. The lowest BCUT2D eigenvalue weighted by atomic mass is 10.1. The summed E-state index contributed by atoms with van der Waals surface area (Å²) in [5.74, 6) is 0.534. The zero-order valence-corrected chi connectivity index (χ0v) is 11.1. The van der Waals surface area contributed by atoms with E-state index in [-0.39, 0.29) is 24.2 Å². The predicted molar refractivity (Wildman–Crippen MR) is 72.3 cm³/mol. The number of fused-ring (bicyclic) bond motifs is 1. The fourth-order valence-electron chi connectivity index (χ4n) is 1.80. The van der Waals surface area contributed by atoms with E-state index >= 15 is 0 Å². The van der Waals surface area contributed by atoms with Crippen molar-refractivity contribution in [1.29, 1.82) is 0 Å². The average Bonchev–Trinajstić information content (AvgIpc) is 2.50. The lowest BCUT2D eigenvalue weighted by molar-refractivity contribution is 0.0940. The van der Waals surface area contributed by atoms with Crippen LogP contribution >= 0.6 is 0 Å². The van der Waals surface area contributed by atoms with Gasteiger partial charge in [0, 0.05) is 12.5 Å². The Labute approximate surface area is 116 Å². The van der Waals surface area contributed by atoms with E-state index in [1.165, 1.54) is 0 Å². The van der Waals surface area contributed by atoms with Gasteiger partial charge in [-0.2, -0.15) is 0 Å². The first-order valence-electron chi connectivity index (χ1n) is 6.27. The molecule has 2 rings (SSSR count). The molecule has 108 valence electrons.